The van der Waals surface area contributed by atoms with E-state index in [-0.39, 0.29) is 0 Å². The number of H-pyrrole nitrogens is 1. The highest BCUT2D eigenvalue weighted by molar-refractivity contribution is 6.17. The zero-order valence-electron chi connectivity index (χ0n) is 9.60. The number of rotatable bonds is 3. The average Bonchev–Trinajstić information content (AvgIpc) is 2.86. The number of alkyl halides is 1. The van der Waals surface area contributed by atoms with Crippen molar-refractivity contribution in [3.8, 4) is 11.3 Å². The Kier molecular flexibility index (Phi) is 2.94. The van der Waals surface area contributed by atoms with E-state index in [2.05, 4.69) is 19.9 Å². The molecule has 0 fully saturated rings. The maximum absolute atomic E-state index is 5.70. The molecule has 4 nitrogen and oxygen atoms in total. The van der Waals surface area contributed by atoms with Gasteiger partial charge in [0.15, 0.2) is 0 Å². The fraction of sp³-hybridized carbons (Fsp3) is 0.154. The number of benzene rings is 1. The van der Waals surface area contributed by atoms with Gasteiger partial charge in [0.2, 0.25) is 0 Å². The predicted octanol–water partition coefficient (Wildman–Crippen LogP) is 2.80. The number of fused-ring (bicyclic) bond motifs is 1. The van der Waals surface area contributed by atoms with Crippen LogP contribution in [0.15, 0.2) is 36.8 Å². The molecular weight excluding hydrogens is 248 g/mol. The van der Waals surface area contributed by atoms with Crippen LogP contribution in [-0.2, 0) is 6.42 Å². The first kappa shape index (κ1) is 11.2. The Hall–Kier alpha value is -1.94. The second-order valence-electron chi connectivity index (χ2n) is 3.93. The summed E-state index contributed by atoms with van der Waals surface area (Å²) in [4.78, 5) is 16.0. The van der Waals surface area contributed by atoms with Crippen LogP contribution in [0, 0.1) is 0 Å². The minimum Gasteiger partial charge on any atom is -0.345 e. The summed E-state index contributed by atoms with van der Waals surface area (Å²) in [6.45, 7) is 0. The summed E-state index contributed by atoms with van der Waals surface area (Å²) in [7, 11) is 0. The van der Waals surface area contributed by atoms with Crippen LogP contribution in [-0.4, -0.2) is 25.8 Å². The second kappa shape index (κ2) is 4.74. The van der Waals surface area contributed by atoms with E-state index in [0.717, 1.165) is 28.1 Å². The highest BCUT2D eigenvalue weighted by Crippen LogP contribution is 2.20. The van der Waals surface area contributed by atoms with Crippen LogP contribution >= 0.6 is 11.6 Å². The van der Waals surface area contributed by atoms with Gasteiger partial charge in [-0.3, -0.25) is 0 Å². The highest BCUT2D eigenvalue weighted by Gasteiger charge is 2.04. The molecule has 2 heterocycles. The van der Waals surface area contributed by atoms with Crippen molar-refractivity contribution in [2.45, 2.75) is 6.42 Å². The number of imidazole rings is 1. The van der Waals surface area contributed by atoms with Gasteiger partial charge in [0, 0.05) is 24.1 Å². The van der Waals surface area contributed by atoms with Crippen LogP contribution in [0.25, 0.3) is 22.3 Å². The maximum atomic E-state index is 5.70. The third kappa shape index (κ3) is 2.07. The molecule has 0 bridgehead atoms. The topological polar surface area (TPSA) is 54.5 Å². The van der Waals surface area contributed by atoms with Gasteiger partial charge in [0.25, 0.3) is 0 Å². The first-order valence-electron chi connectivity index (χ1n) is 5.68. The van der Waals surface area contributed by atoms with Gasteiger partial charge in [0.1, 0.15) is 5.82 Å². The molecule has 1 N–H and O–H groups in total. The minimum absolute atomic E-state index is 0.531. The van der Waals surface area contributed by atoms with Crippen LogP contribution in [0.1, 0.15) is 5.82 Å². The fourth-order valence-electron chi connectivity index (χ4n) is 1.86. The van der Waals surface area contributed by atoms with E-state index in [4.69, 9.17) is 11.6 Å². The lowest BCUT2D eigenvalue weighted by atomic mass is 10.1. The highest BCUT2D eigenvalue weighted by atomic mass is 35.5. The fourth-order valence-corrected chi connectivity index (χ4v) is 2.03. The van der Waals surface area contributed by atoms with Gasteiger partial charge in [-0.2, -0.15) is 0 Å². The van der Waals surface area contributed by atoms with Crippen molar-refractivity contribution in [1.29, 1.82) is 0 Å². The number of nitrogens with one attached hydrogen (secondary N) is 1. The average molecular weight is 259 g/mol. The van der Waals surface area contributed by atoms with Gasteiger partial charge in [-0.05, 0) is 18.2 Å². The van der Waals surface area contributed by atoms with Crippen molar-refractivity contribution in [3.63, 3.8) is 0 Å². The number of nitrogens with zero attached hydrogens (tertiary/aromatic N) is 3. The van der Waals surface area contributed by atoms with Crippen molar-refractivity contribution in [3.05, 3.63) is 42.6 Å². The number of hydrogen-bond donors (Lipinski definition) is 1. The Balaban J connectivity index is 2.04. The molecule has 0 amide bonds. The molecule has 0 saturated heterocycles. The summed E-state index contributed by atoms with van der Waals surface area (Å²) in [6.07, 6.45) is 4.14. The van der Waals surface area contributed by atoms with Crippen molar-refractivity contribution in [2.24, 2.45) is 0 Å². The molecule has 0 atom stereocenters. The van der Waals surface area contributed by atoms with E-state index >= 15 is 0 Å². The molecule has 3 rings (SSSR count). The summed E-state index contributed by atoms with van der Waals surface area (Å²) in [5.74, 6) is 1.30. The van der Waals surface area contributed by atoms with E-state index in [1.807, 2.05) is 24.3 Å². The molecular formula is C13H11ClN4. The standard InChI is InChI=1S/C13H11ClN4/c14-5-3-13-15-6-4-10(18-13)9-1-2-11-12(7-9)17-8-16-11/h1-2,4,6-8H,3,5H2,(H,16,17). The molecule has 2 aromatic heterocycles. The van der Waals surface area contributed by atoms with Gasteiger partial charge >= 0.3 is 0 Å². The zero-order chi connectivity index (χ0) is 12.4. The largest absolute Gasteiger partial charge is 0.345 e. The van der Waals surface area contributed by atoms with Crippen LogP contribution in [0.3, 0.4) is 0 Å². The monoisotopic (exact) mass is 258 g/mol. The van der Waals surface area contributed by atoms with E-state index in [9.17, 15) is 0 Å². The normalized spacial score (nSPS) is 10.9. The Bertz CT molecular complexity index is 677. The van der Waals surface area contributed by atoms with Gasteiger partial charge in [-0.25, -0.2) is 15.0 Å². The Morgan fingerprint density at radius 1 is 1.17 bits per heavy atom. The Morgan fingerprint density at radius 2 is 2.11 bits per heavy atom. The molecule has 0 spiro atoms. The van der Waals surface area contributed by atoms with Crippen LogP contribution in [0.4, 0.5) is 0 Å². The van der Waals surface area contributed by atoms with E-state index in [1.54, 1.807) is 12.5 Å². The molecule has 18 heavy (non-hydrogen) atoms. The Morgan fingerprint density at radius 3 is 3.00 bits per heavy atom. The lowest BCUT2D eigenvalue weighted by Gasteiger charge is -2.03. The third-order valence-electron chi connectivity index (χ3n) is 2.74. The molecule has 0 aliphatic heterocycles. The quantitative estimate of drug-likeness (QED) is 0.735. The lowest BCUT2D eigenvalue weighted by molar-refractivity contribution is 0.948. The summed E-state index contributed by atoms with van der Waals surface area (Å²) < 4.78 is 0. The second-order valence-corrected chi connectivity index (χ2v) is 4.31. The number of aromatic nitrogens is 4. The minimum atomic E-state index is 0.531. The molecule has 5 heteroatoms. The number of halogens is 1. The SMILES string of the molecule is ClCCc1nccc(-c2ccc3nc[nH]c3c2)n1. The predicted molar refractivity (Wildman–Crippen MR) is 71.5 cm³/mol. The van der Waals surface area contributed by atoms with Gasteiger partial charge in [0.05, 0.1) is 23.1 Å². The molecule has 1 aromatic carbocycles. The Labute approximate surface area is 109 Å². The first-order chi connectivity index (χ1) is 8.86. The summed E-state index contributed by atoms with van der Waals surface area (Å²) >= 11 is 5.70. The van der Waals surface area contributed by atoms with Gasteiger partial charge in [-0.15, -0.1) is 11.6 Å². The van der Waals surface area contributed by atoms with Gasteiger partial charge < -0.3 is 4.98 Å². The summed E-state index contributed by atoms with van der Waals surface area (Å²) in [5.41, 5.74) is 3.91. The molecule has 0 radical (unpaired) electrons. The maximum Gasteiger partial charge on any atom is 0.130 e. The third-order valence-corrected chi connectivity index (χ3v) is 2.93. The van der Waals surface area contributed by atoms with Crippen molar-refractivity contribution in [1.82, 2.24) is 19.9 Å². The van der Waals surface area contributed by atoms with Crippen molar-refractivity contribution < 1.29 is 0 Å². The molecule has 0 unspecified atom stereocenters. The molecule has 3 aromatic rings. The first-order valence-corrected chi connectivity index (χ1v) is 6.21. The van der Waals surface area contributed by atoms with Crippen LogP contribution < -0.4 is 0 Å². The smallest absolute Gasteiger partial charge is 0.130 e. The molecule has 0 aliphatic carbocycles. The van der Waals surface area contributed by atoms with Crippen molar-refractivity contribution >= 4 is 22.6 Å². The number of aromatic amines is 1. The number of hydrogen-bond acceptors (Lipinski definition) is 3. The van der Waals surface area contributed by atoms with Crippen LogP contribution in [0.2, 0.25) is 0 Å². The number of aryl methyl sites for hydroxylation is 1. The van der Waals surface area contributed by atoms with Gasteiger partial charge in [-0.1, -0.05) is 6.07 Å². The van der Waals surface area contributed by atoms with E-state index < -0.39 is 0 Å². The molecule has 90 valence electrons. The molecule has 0 aliphatic rings. The zero-order valence-corrected chi connectivity index (χ0v) is 10.4. The molecule has 0 saturated carbocycles. The summed E-state index contributed by atoms with van der Waals surface area (Å²) in [5, 5.41) is 0. The van der Waals surface area contributed by atoms with Crippen LogP contribution in [0.5, 0.6) is 0 Å². The summed E-state index contributed by atoms with van der Waals surface area (Å²) in [6, 6.07) is 7.92. The van der Waals surface area contributed by atoms with E-state index in [1.165, 1.54) is 0 Å². The lowest BCUT2D eigenvalue weighted by Crippen LogP contribution is -1.97. The van der Waals surface area contributed by atoms with E-state index in [0.29, 0.717) is 12.3 Å². The van der Waals surface area contributed by atoms with Crippen molar-refractivity contribution in [2.75, 3.05) is 5.88 Å².